The van der Waals surface area contributed by atoms with Crippen molar-refractivity contribution >= 4 is 17.3 Å². The Kier molecular flexibility index (Phi) is 2.83. The van der Waals surface area contributed by atoms with Crippen molar-refractivity contribution in [3.05, 3.63) is 22.4 Å². The predicted octanol–water partition coefficient (Wildman–Crippen LogP) is 3.28. The van der Waals surface area contributed by atoms with Crippen molar-refractivity contribution in [3.63, 3.8) is 0 Å². The maximum Gasteiger partial charge on any atom is 0.315 e. The van der Waals surface area contributed by atoms with E-state index in [1.54, 1.807) is 11.3 Å². The quantitative estimate of drug-likeness (QED) is 0.837. The molecule has 0 aromatic carbocycles. The molecule has 0 aliphatic heterocycles. The lowest BCUT2D eigenvalue weighted by Crippen LogP contribution is -2.43. The molecular formula is C12H16O2S. The molecule has 0 saturated heterocycles. The van der Waals surface area contributed by atoms with Gasteiger partial charge in [0.05, 0.1) is 0 Å². The van der Waals surface area contributed by atoms with Crippen LogP contribution in [0, 0.1) is 5.92 Å². The van der Waals surface area contributed by atoms with Crippen molar-refractivity contribution in [1.82, 2.24) is 0 Å². The molecule has 2 atom stereocenters. The van der Waals surface area contributed by atoms with Crippen LogP contribution in [0.4, 0.5) is 0 Å². The van der Waals surface area contributed by atoms with Gasteiger partial charge in [-0.2, -0.15) is 0 Å². The van der Waals surface area contributed by atoms with Gasteiger partial charge in [0.25, 0.3) is 0 Å². The maximum atomic E-state index is 11.6. The zero-order valence-electron chi connectivity index (χ0n) is 8.90. The molecule has 0 amide bonds. The van der Waals surface area contributed by atoms with Gasteiger partial charge in [-0.25, -0.2) is 0 Å². The van der Waals surface area contributed by atoms with E-state index >= 15 is 0 Å². The summed E-state index contributed by atoms with van der Waals surface area (Å²) in [6, 6.07) is 3.92. The fraction of sp³-hybridized carbons (Fsp3) is 0.583. The zero-order chi connectivity index (χ0) is 10.9. The average Bonchev–Trinajstić information content (AvgIpc) is 2.71. The van der Waals surface area contributed by atoms with E-state index in [4.69, 9.17) is 0 Å². The Morgan fingerprint density at radius 3 is 2.93 bits per heavy atom. The highest BCUT2D eigenvalue weighted by Gasteiger charge is 2.47. The van der Waals surface area contributed by atoms with Crippen LogP contribution >= 0.6 is 11.3 Å². The summed E-state index contributed by atoms with van der Waals surface area (Å²) >= 11 is 1.58. The third-order valence-corrected chi connectivity index (χ3v) is 4.69. The molecule has 1 N–H and O–H groups in total. The van der Waals surface area contributed by atoms with Gasteiger partial charge in [-0.3, -0.25) is 4.79 Å². The predicted molar refractivity (Wildman–Crippen MR) is 61.3 cm³/mol. The largest absolute Gasteiger partial charge is 0.481 e. The molecule has 2 unspecified atom stereocenters. The lowest BCUT2D eigenvalue weighted by Gasteiger charge is -2.38. The van der Waals surface area contributed by atoms with Crippen LogP contribution in [0.25, 0.3) is 0 Å². The molecule has 1 aliphatic rings. The molecule has 0 radical (unpaired) electrons. The Morgan fingerprint density at radius 1 is 1.60 bits per heavy atom. The van der Waals surface area contributed by atoms with Crippen molar-refractivity contribution in [2.45, 2.75) is 38.0 Å². The topological polar surface area (TPSA) is 37.3 Å². The minimum absolute atomic E-state index is 0.252. The second kappa shape index (κ2) is 3.97. The molecule has 1 heterocycles. The SMILES string of the molecule is CC1CCCCC1(C(=O)O)c1cccs1. The Morgan fingerprint density at radius 2 is 2.40 bits per heavy atom. The first kappa shape index (κ1) is 10.7. The number of carbonyl (C=O) groups is 1. The second-order valence-electron chi connectivity index (χ2n) is 4.40. The molecule has 3 heteroatoms. The summed E-state index contributed by atoms with van der Waals surface area (Å²) in [6.45, 7) is 2.08. The number of carboxylic acids is 1. The number of aliphatic carboxylic acids is 1. The van der Waals surface area contributed by atoms with E-state index in [0.717, 1.165) is 24.1 Å². The molecule has 82 valence electrons. The molecule has 1 fully saturated rings. The van der Waals surface area contributed by atoms with Gasteiger partial charge < -0.3 is 5.11 Å². The number of hydrogen-bond donors (Lipinski definition) is 1. The first-order valence-electron chi connectivity index (χ1n) is 5.45. The van der Waals surface area contributed by atoms with E-state index in [0.29, 0.717) is 0 Å². The van der Waals surface area contributed by atoms with Crippen LogP contribution in [-0.4, -0.2) is 11.1 Å². The van der Waals surface area contributed by atoms with Crippen LogP contribution < -0.4 is 0 Å². The van der Waals surface area contributed by atoms with Crippen molar-refractivity contribution in [2.75, 3.05) is 0 Å². The third kappa shape index (κ3) is 1.59. The van der Waals surface area contributed by atoms with Crippen LogP contribution in [0.15, 0.2) is 17.5 Å². The van der Waals surface area contributed by atoms with Crippen LogP contribution in [0.5, 0.6) is 0 Å². The molecule has 1 aromatic heterocycles. The Labute approximate surface area is 93.9 Å². The van der Waals surface area contributed by atoms with Gasteiger partial charge in [-0.1, -0.05) is 25.8 Å². The number of carboxylic acid groups (broad SMARTS) is 1. The maximum absolute atomic E-state index is 11.6. The number of hydrogen-bond acceptors (Lipinski definition) is 2. The molecule has 0 spiro atoms. The minimum atomic E-state index is -0.642. The van der Waals surface area contributed by atoms with Crippen molar-refractivity contribution in [2.24, 2.45) is 5.92 Å². The first-order chi connectivity index (χ1) is 7.18. The number of thiophene rings is 1. The highest BCUT2D eigenvalue weighted by molar-refractivity contribution is 7.10. The Hall–Kier alpha value is -0.830. The van der Waals surface area contributed by atoms with Crippen molar-refractivity contribution in [1.29, 1.82) is 0 Å². The van der Waals surface area contributed by atoms with Crippen LogP contribution in [-0.2, 0) is 10.2 Å². The lowest BCUT2D eigenvalue weighted by molar-refractivity contribution is -0.147. The highest BCUT2D eigenvalue weighted by Crippen LogP contribution is 2.45. The van der Waals surface area contributed by atoms with E-state index in [1.807, 2.05) is 17.5 Å². The van der Waals surface area contributed by atoms with E-state index in [-0.39, 0.29) is 5.92 Å². The molecule has 2 rings (SSSR count). The lowest BCUT2D eigenvalue weighted by atomic mass is 9.66. The van der Waals surface area contributed by atoms with Gasteiger partial charge in [-0.15, -0.1) is 11.3 Å². The highest BCUT2D eigenvalue weighted by atomic mass is 32.1. The van der Waals surface area contributed by atoms with Crippen LogP contribution in [0.3, 0.4) is 0 Å². The Balaban J connectivity index is 2.43. The third-order valence-electron chi connectivity index (χ3n) is 3.64. The van der Waals surface area contributed by atoms with Gasteiger partial charge in [0.15, 0.2) is 0 Å². The summed E-state index contributed by atoms with van der Waals surface area (Å²) in [7, 11) is 0. The first-order valence-corrected chi connectivity index (χ1v) is 6.33. The van der Waals surface area contributed by atoms with Crippen molar-refractivity contribution in [3.8, 4) is 0 Å². The zero-order valence-corrected chi connectivity index (χ0v) is 9.72. The normalized spacial score (nSPS) is 31.4. The molecule has 2 nitrogen and oxygen atoms in total. The molecule has 1 aliphatic carbocycles. The fourth-order valence-electron chi connectivity index (χ4n) is 2.67. The monoisotopic (exact) mass is 224 g/mol. The van der Waals surface area contributed by atoms with Gasteiger partial charge in [0, 0.05) is 4.88 Å². The van der Waals surface area contributed by atoms with Crippen molar-refractivity contribution < 1.29 is 9.90 Å². The molecule has 1 saturated carbocycles. The van der Waals surface area contributed by atoms with Crippen LogP contribution in [0.2, 0.25) is 0 Å². The number of rotatable bonds is 2. The van der Waals surface area contributed by atoms with E-state index in [2.05, 4.69) is 6.92 Å². The van der Waals surface area contributed by atoms with Gasteiger partial charge in [0.1, 0.15) is 5.41 Å². The Bertz CT molecular complexity index is 345. The minimum Gasteiger partial charge on any atom is -0.481 e. The molecular weight excluding hydrogens is 208 g/mol. The second-order valence-corrected chi connectivity index (χ2v) is 5.35. The molecule has 15 heavy (non-hydrogen) atoms. The average molecular weight is 224 g/mol. The van der Waals surface area contributed by atoms with E-state index < -0.39 is 11.4 Å². The molecule has 1 aromatic rings. The summed E-state index contributed by atoms with van der Waals surface area (Å²) in [6.07, 6.45) is 4.03. The summed E-state index contributed by atoms with van der Waals surface area (Å²) < 4.78 is 0. The van der Waals surface area contributed by atoms with E-state index in [9.17, 15) is 9.90 Å². The molecule has 0 bridgehead atoms. The summed E-state index contributed by atoms with van der Waals surface area (Å²) in [5.74, 6) is -0.389. The summed E-state index contributed by atoms with van der Waals surface area (Å²) in [5, 5.41) is 11.5. The van der Waals surface area contributed by atoms with Gasteiger partial charge in [-0.05, 0) is 30.2 Å². The standard InChI is InChI=1S/C12H16O2S/c1-9-5-2-3-7-12(9,11(13)14)10-6-4-8-15-10/h4,6,8-9H,2-3,5,7H2,1H3,(H,13,14). The van der Waals surface area contributed by atoms with E-state index in [1.165, 1.54) is 6.42 Å². The summed E-state index contributed by atoms with van der Waals surface area (Å²) in [5.41, 5.74) is -0.605. The fourth-order valence-corrected chi connectivity index (χ4v) is 3.73. The van der Waals surface area contributed by atoms with Gasteiger partial charge >= 0.3 is 5.97 Å². The van der Waals surface area contributed by atoms with Gasteiger partial charge in [0.2, 0.25) is 0 Å². The van der Waals surface area contributed by atoms with Crippen LogP contribution in [0.1, 0.15) is 37.5 Å². The smallest absolute Gasteiger partial charge is 0.315 e. The summed E-state index contributed by atoms with van der Waals surface area (Å²) in [4.78, 5) is 12.6.